The molecule has 2 aromatic heterocycles. The number of hydrogen-bond acceptors (Lipinski definition) is 5. The molecule has 0 aliphatic carbocycles. The van der Waals surface area contributed by atoms with Crippen molar-refractivity contribution in [3.63, 3.8) is 0 Å². The summed E-state index contributed by atoms with van der Waals surface area (Å²) in [5, 5.41) is 10.2. The van der Waals surface area contributed by atoms with E-state index in [0.29, 0.717) is 11.0 Å². The molecule has 4 rings (SSSR count). The summed E-state index contributed by atoms with van der Waals surface area (Å²) in [7, 11) is 0. The van der Waals surface area contributed by atoms with Crippen molar-refractivity contribution < 1.29 is 22.5 Å². The van der Waals surface area contributed by atoms with E-state index in [0.717, 1.165) is 4.68 Å². The molecule has 1 amide bonds. The smallest absolute Gasteiger partial charge is 0.380 e. The van der Waals surface area contributed by atoms with Gasteiger partial charge in [0.2, 0.25) is 0 Å². The average molecular weight is 337 g/mol. The van der Waals surface area contributed by atoms with Crippen LogP contribution in [-0.2, 0) is 12.6 Å². The molecule has 0 radical (unpaired) electrons. The maximum absolute atomic E-state index is 13.2. The van der Waals surface area contributed by atoms with Crippen molar-refractivity contribution in [1.29, 1.82) is 0 Å². The van der Waals surface area contributed by atoms with Crippen LogP contribution in [0.4, 0.5) is 19.0 Å². The van der Waals surface area contributed by atoms with E-state index in [9.17, 15) is 18.0 Å². The van der Waals surface area contributed by atoms with Crippen LogP contribution in [0.25, 0.3) is 16.7 Å². The van der Waals surface area contributed by atoms with Gasteiger partial charge in [-0.3, -0.25) is 4.79 Å². The molecule has 7 nitrogen and oxygen atoms in total. The Morgan fingerprint density at radius 3 is 2.88 bits per heavy atom. The first-order valence-electron chi connectivity index (χ1n) is 6.99. The van der Waals surface area contributed by atoms with Crippen molar-refractivity contribution in [3.8, 4) is 5.69 Å². The third-order valence-corrected chi connectivity index (χ3v) is 3.85. The molecule has 1 aliphatic rings. The lowest BCUT2D eigenvalue weighted by atomic mass is 10.0. The quantitative estimate of drug-likeness (QED) is 0.707. The van der Waals surface area contributed by atoms with E-state index in [1.165, 1.54) is 18.2 Å². The summed E-state index contributed by atoms with van der Waals surface area (Å²) < 4.78 is 45.7. The number of amides is 1. The maximum atomic E-state index is 13.2. The second kappa shape index (κ2) is 4.73. The fourth-order valence-electron chi connectivity index (χ4n) is 2.80. The van der Waals surface area contributed by atoms with Gasteiger partial charge >= 0.3 is 6.18 Å². The number of rotatable bonds is 1. The second-order valence-corrected chi connectivity index (χ2v) is 5.34. The van der Waals surface area contributed by atoms with E-state index in [4.69, 9.17) is 10.3 Å². The van der Waals surface area contributed by atoms with E-state index in [1.807, 2.05) is 0 Å². The molecule has 3 heterocycles. The minimum Gasteiger partial charge on any atom is -0.380 e. The molecule has 3 N–H and O–H groups in total. The minimum absolute atomic E-state index is 0.0631. The van der Waals surface area contributed by atoms with Gasteiger partial charge in [-0.25, -0.2) is 4.68 Å². The van der Waals surface area contributed by atoms with Crippen molar-refractivity contribution in [2.75, 3.05) is 12.3 Å². The average Bonchev–Trinajstić information content (AvgIpc) is 3.09. The van der Waals surface area contributed by atoms with Crippen molar-refractivity contribution in [1.82, 2.24) is 20.3 Å². The number of halogens is 3. The number of anilines is 1. The summed E-state index contributed by atoms with van der Waals surface area (Å²) in [6.07, 6.45) is -4.58. The molecule has 1 aromatic carbocycles. The number of fused-ring (bicyclic) bond motifs is 2. The predicted molar refractivity (Wildman–Crippen MR) is 76.6 cm³/mol. The first kappa shape index (κ1) is 14.5. The summed E-state index contributed by atoms with van der Waals surface area (Å²) >= 11 is 0. The third-order valence-electron chi connectivity index (χ3n) is 3.85. The highest BCUT2D eigenvalue weighted by Gasteiger charge is 2.41. The number of hydrogen-bond donors (Lipinski definition) is 2. The van der Waals surface area contributed by atoms with Crippen molar-refractivity contribution in [3.05, 3.63) is 35.2 Å². The molecule has 0 spiro atoms. The number of benzene rings is 1. The number of alkyl halides is 3. The van der Waals surface area contributed by atoms with Gasteiger partial charge in [0, 0.05) is 12.1 Å². The van der Waals surface area contributed by atoms with Crippen LogP contribution >= 0.6 is 0 Å². The lowest BCUT2D eigenvalue weighted by molar-refractivity contribution is -0.141. The van der Waals surface area contributed by atoms with Gasteiger partial charge in [0.1, 0.15) is 5.69 Å². The van der Waals surface area contributed by atoms with Crippen molar-refractivity contribution in [2.45, 2.75) is 12.6 Å². The van der Waals surface area contributed by atoms with Crippen molar-refractivity contribution in [2.24, 2.45) is 0 Å². The Bertz CT molecular complexity index is 973. The Morgan fingerprint density at radius 1 is 1.33 bits per heavy atom. The van der Waals surface area contributed by atoms with E-state index in [2.05, 4.69) is 15.6 Å². The van der Waals surface area contributed by atoms with Gasteiger partial charge in [0.25, 0.3) is 5.91 Å². The zero-order chi connectivity index (χ0) is 17.1. The van der Waals surface area contributed by atoms with Crippen LogP contribution in [-0.4, -0.2) is 27.4 Å². The summed E-state index contributed by atoms with van der Waals surface area (Å²) in [4.78, 5) is 12.1. The predicted octanol–water partition coefficient (Wildman–Crippen LogP) is 1.90. The molecule has 0 unspecified atom stereocenters. The fraction of sp³-hybridized carbons (Fsp3) is 0.214. The van der Waals surface area contributed by atoms with Gasteiger partial charge in [-0.2, -0.15) is 18.3 Å². The molecule has 1 aliphatic heterocycles. The number of carbonyl (C=O) groups excluding carboxylic acids is 1. The topological polar surface area (TPSA) is 99.0 Å². The largest absolute Gasteiger partial charge is 0.435 e. The number of nitrogens with two attached hydrogens (primary N) is 1. The lowest BCUT2D eigenvalue weighted by Gasteiger charge is -2.15. The van der Waals surface area contributed by atoms with Crippen LogP contribution in [0.2, 0.25) is 0 Å². The Balaban J connectivity index is 1.98. The van der Waals surface area contributed by atoms with Crippen LogP contribution in [0.1, 0.15) is 21.7 Å². The van der Waals surface area contributed by atoms with Crippen molar-refractivity contribution >= 4 is 22.7 Å². The highest BCUT2D eigenvalue weighted by molar-refractivity contribution is 5.96. The summed E-state index contributed by atoms with van der Waals surface area (Å²) in [5.41, 5.74) is 5.04. The minimum atomic E-state index is -4.65. The standard InChI is InChI=1S/C14H10F3N5O2/c15-14(16,17)11-7-3-4-19-13(23)10(7)22(20-11)6-1-2-9-8(5-6)12(18)21-24-9/h1-2,5H,3-4H2,(H2,18,21)(H,19,23). The van der Waals surface area contributed by atoms with Crippen LogP contribution in [0, 0.1) is 0 Å². The Morgan fingerprint density at radius 2 is 2.12 bits per heavy atom. The molecular formula is C14H10F3N5O2. The highest BCUT2D eigenvalue weighted by atomic mass is 19.4. The zero-order valence-electron chi connectivity index (χ0n) is 12.0. The summed E-state index contributed by atoms with van der Waals surface area (Å²) in [5.74, 6) is -0.494. The fourth-order valence-corrected chi connectivity index (χ4v) is 2.80. The number of nitrogens with zero attached hydrogens (tertiary/aromatic N) is 3. The third kappa shape index (κ3) is 2.02. The molecule has 10 heteroatoms. The Labute approximate surface area is 132 Å². The van der Waals surface area contributed by atoms with Gasteiger partial charge in [0.05, 0.1) is 11.1 Å². The molecule has 0 bridgehead atoms. The summed E-state index contributed by atoms with van der Waals surface area (Å²) in [6, 6.07) is 4.48. The van der Waals surface area contributed by atoms with E-state index in [-0.39, 0.29) is 35.7 Å². The van der Waals surface area contributed by atoms with Gasteiger partial charge in [-0.05, 0) is 24.6 Å². The van der Waals surface area contributed by atoms with Crippen LogP contribution in [0.5, 0.6) is 0 Å². The molecule has 0 fully saturated rings. The molecule has 24 heavy (non-hydrogen) atoms. The number of aromatic nitrogens is 3. The molecule has 3 aromatic rings. The van der Waals surface area contributed by atoms with E-state index in [1.54, 1.807) is 0 Å². The van der Waals surface area contributed by atoms with Crippen LogP contribution < -0.4 is 11.1 Å². The van der Waals surface area contributed by atoms with Gasteiger partial charge in [-0.1, -0.05) is 5.16 Å². The lowest BCUT2D eigenvalue weighted by Crippen LogP contribution is -2.33. The van der Waals surface area contributed by atoms with Crippen LogP contribution in [0.15, 0.2) is 22.7 Å². The highest BCUT2D eigenvalue weighted by Crippen LogP contribution is 2.35. The molecule has 0 atom stereocenters. The number of nitrogens with one attached hydrogen (secondary N) is 1. The zero-order valence-corrected chi connectivity index (χ0v) is 12.0. The number of carbonyl (C=O) groups is 1. The maximum Gasteiger partial charge on any atom is 0.435 e. The normalized spacial score (nSPS) is 14.7. The molecule has 124 valence electrons. The summed E-state index contributed by atoms with van der Waals surface area (Å²) in [6.45, 7) is 0.137. The van der Waals surface area contributed by atoms with Gasteiger partial charge < -0.3 is 15.6 Å². The first-order chi connectivity index (χ1) is 11.4. The molecule has 0 saturated heterocycles. The molecular weight excluding hydrogens is 327 g/mol. The number of nitrogen functional groups attached to an aromatic ring is 1. The van der Waals surface area contributed by atoms with E-state index < -0.39 is 17.8 Å². The van der Waals surface area contributed by atoms with Crippen LogP contribution in [0.3, 0.4) is 0 Å². The monoisotopic (exact) mass is 337 g/mol. The first-order valence-corrected chi connectivity index (χ1v) is 6.99. The van der Waals surface area contributed by atoms with Gasteiger partial charge in [-0.15, -0.1) is 0 Å². The van der Waals surface area contributed by atoms with E-state index >= 15 is 0 Å². The SMILES string of the molecule is Nc1noc2ccc(-n3nc(C(F)(F)F)c4c3C(=O)NCC4)cc12. The Kier molecular flexibility index (Phi) is 2.87. The Hall–Kier alpha value is -3.04. The van der Waals surface area contributed by atoms with Gasteiger partial charge in [0.15, 0.2) is 17.1 Å². The molecule has 0 saturated carbocycles. The second-order valence-electron chi connectivity index (χ2n) is 5.34.